The normalized spacial score (nSPS) is 16.3. The first-order valence-corrected chi connectivity index (χ1v) is 8.77. The van der Waals surface area contributed by atoms with Crippen LogP contribution in [0.5, 0.6) is 0 Å². The fourth-order valence-electron chi connectivity index (χ4n) is 2.39. The van der Waals surface area contributed by atoms with Crippen molar-refractivity contribution in [3.05, 3.63) is 74.1 Å². The van der Waals surface area contributed by atoms with Gasteiger partial charge in [-0.1, -0.05) is 59.1 Å². The van der Waals surface area contributed by atoms with E-state index in [1.54, 1.807) is 24.3 Å². The number of amides is 2. The molecule has 0 aromatic heterocycles. The lowest BCUT2D eigenvalue weighted by molar-refractivity contribution is -0.123. The summed E-state index contributed by atoms with van der Waals surface area (Å²) in [4.78, 5) is 26.3. The Bertz CT molecular complexity index is 864. The molecule has 1 aliphatic heterocycles. The summed E-state index contributed by atoms with van der Waals surface area (Å²) < 4.78 is 0. The molecule has 0 radical (unpaired) electrons. The number of thioether (sulfide) groups is 1. The fourth-order valence-corrected chi connectivity index (χ4v) is 3.68. The van der Waals surface area contributed by atoms with Crippen LogP contribution in [0.15, 0.2) is 47.4 Å². The molecule has 1 fully saturated rings. The van der Waals surface area contributed by atoms with Gasteiger partial charge in [-0.15, -0.1) is 0 Å². The number of carbonyl (C=O) groups is 2. The van der Waals surface area contributed by atoms with E-state index < -0.39 is 0 Å². The third-order valence-corrected chi connectivity index (χ3v) is 5.02. The number of hydrogen-bond donors (Lipinski definition) is 0. The van der Waals surface area contributed by atoms with Gasteiger partial charge in [0.1, 0.15) is 0 Å². The Morgan fingerprint density at radius 3 is 2.62 bits per heavy atom. The summed E-state index contributed by atoms with van der Waals surface area (Å²) in [6.07, 6.45) is 1.62. The number of aryl methyl sites for hydroxylation is 1. The Hall–Kier alpha value is -1.75. The summed E-state index contributed by atoms with van der Waals surface area (Å²) in [6, 6.07) is 12.8. The minimum Gasteiger partial charge on any atom is -0.268 e. The molecule has 2 amide bonds. The molecule has 0 atom stereocenters. The lowest BCUT2D eigenvalue weighted by Gasteiger charge is -2.12. The Morgan fingerprint density at radius 1 is 1.12 bits per heavy atom. The van der Waals surface area contributed by atoms with Gasteiger partial charge in [0.05, 0.1) is 11.4 Å². The van der Waals surface area contributed by atoms with E-state index in [0.717, 1.165) is 22.9 Å². The Kier molecular flexibility index (Phi) is 4.99. The van der Waals surface area contributed by atoms with Crippen molar-refractivity contribution in [1.29, 1.82) is 0 Å². The lowest BCUT2D eigenvalue weighted by Crippen LogP contribution is -2.27. The van der Waals surface area contributed by atoms with E-state index in [9.17, 15) is 9.59 Å². The van der Waals surface area contributed by atoms with Gasteiger partial charge in [0.2, 0.25) is 0 Å². The molecule has 0 bridgehead atoms. The number of halogens is 2. The molecule has 0 N–H and O–H groups in total. The third-order valence-electron chi connectivity index (χ3n) is 3.55. The molecule has 3 rings (SSSR count). The standard InChI is InChI=1S/C18H13Cl2NO2S/c1-11-3-2-4-12(7-11)10-21-17(22)16(24-18(21)23)8-13-5-6-14(19)9-15(13)20/h2-9H,10H2,1H3/b16-8-. The molecule has 0 saturated carbocycles. The number of nitrogens with zero attached hydrogens (tertiary/aromatic N) is 1. The maximum absolute atomic E-state index is 12.5. The van der Waals surface area contributed by atoms with Crippen LogP contribution in [0, 0.1) is 6.92 Å². The van der Waals surface area contributed by atoms with Crippen LogP contribution in [0.1, 0.15) is 16.7 Å². The van der Waals surface area contributed by atoms with Crippen LogP contribution < -0.4 is 0 Å². The quantitative estimate of drug-likeness (QED) is 0.659. The molecule has 1 heterocycles. The molecule has 2 aromatic carbocycles. The zero-order chi connectivity index (χ0) is 17.3. The van der Waals surface area contributed by atoms with Crippen molar-refractivity contribution in [3.63, 3.8) is 0 Å². The Labute approximate surface area is 154 Å². The molecule has 1 saturated heterocycles. The Balaban J connectivity index is 1.84. The first-order valence-electron chi connectivity index (χ1n) is 7.20. The average Bonchev–Trinajstić information content (AvgIpc) is 2.78. The van der Waals surface area contributed by atoms with Gasteiger partial charge in [-0.05, 0) is 48.0 Å². The average molecular weight is 378 g/mol. The fraction of sp³-hybridized carbons (Fsp3) is 0.111. The molecule has 1 aliphatic rings. The third kappa shape index (κ3) is 3.66. The van der Waals surface area contributed by atoms with Gasteiger partial charge in [0.15, 0.2) is 0 Å². The number of hydrogen-bond acceptors (Lipinski definition) is 3. The highest BCUT2D eigenvalue weighted by molar-refractivity contribution is 8.18. The predicted octanol–water partition coefficient (Wildman–Crippen LogP) is 5.54. The molecule has 24 heavy (non-hydrogen) atoms. The second-order valence-electron chi connectivity index (χ2n) is 5.42. The van der Waals surface area contributed by atoms with Gasteiger partial charge in [0.25, 0.3) is 11.1 Å². The number of imide groups is 1. The maximum Gasteiger partial charge on any atom is 0.293 e. The molecule has 0 unspecified atom stereocenters. The second-order valence-corrected chi connectivity index (χ2v) is 7.26. The first-order chi connectivity index (χ1) is 11.4. The monoisotopic (exact) mass is 377 g/mol. The zero-order valence-electron chi connectivity index (χ0n) is 12.8. The largest absolute Gasteiger partial charge is 0.293 e. The second kappa shape index (κ2) is 7.01. The van der Waals surface area contributed by atoms with Crippen molar-refractivity contribution in [3.8, 4) is 0 Å². The van der Waals surface area contributed by atoms with Crippen molar-refractivity contribution in [1.82, 2.24) is 4.90 Å². The van der Waals surface area contributed by atoms with E-state index in [-0.39, 0.29) is 17.7 Å². The summed E-state index contributed by atoms with van der Waals surface area (Å²) in [5.41, 5.74) is 2.66. The topological polar surface area (TPSA) is 37.4 Å². The minimum atomic E-state index is -0.308. The van der Waals surface area contributed by atoms with E-state index in [4.69, 9.17) is 23.2 Å². The van der Waals surface area contributed by atoms with Crippen LogP contribution in [0.2, 0.25) is 10.0 Å². The van der Waals surface area contributed by atoms with E-state index in [0.29, 0.717) is 20.5 Å². The van der Waals surface area contributed by atoms with Gasteiger partial charge in [-0.3, -0.25) is 14.5 Å². The first kappa shape index (κ1) is 17.1. The number of benzene rings is 2. The van der Waals surface area contributed by atoms with Gasteiger partial charge >= 0.3 is 0 Å². The molecule has 6 heteroatoms. The van der Waals surface area contributed by atoms with Crippen molar-refractivity contribution in [2.45, 2.75) is 13.5 Å². The van der Waals surface area contributed by atoms with Crippen LogP contribution in [-0.4, -0.2) is 16.0 Å². The molecular formula is C18H13Cl2NO2S. The number of rotatable bonds is 3. The summed E-state index contributed by atoms with van der Waals surface area (Å²) in [7, 11) is 0. The van der Waals surface area contributed by atoms with Gasteiger partial charge in [-0.2, -0.15) is 0 Å². The van der Waals surface area contributed by atoms with Crippen molar-refractivity contribution < 1.29 is 9.59 Å². The van der Waals surface area contributed by atoms with Crippen LogP contribution in [-0.2, 0) is 11.3 Å². The predicted molar refractivity (Wildman–Crippen MR) is 99.2 cm³/mol. The van der Waals surface area contributed by atoms with Gasteiger partial charge in [-0.25, -0.2) is 0 Å². The van der Waals surface area contributed by atoms with E-state index >= 15 is 0 Å². The van der Waals surface area contributed by atoms with E-state index in [1.165, 1.54) is 4.90 Å². The summed E-state index contributed by atoms with van der Waals surface area (Å²) >= 11 is 12.9. The molecule has 3 nitrogen and oxygen atoms in total. The highest BCUT2D eigenvalue weighted by Crippen LogP contribution is 2.34. The minimum absolute atomic E-state index is 0.262. The zero-order valence-corrected chi connectivity index (χ0v) is 15.1. The van der Waals surface area contributed by atoms with Crippen molar-refractivity contribution in [2.24, 2.45) is 0 Å². The molecule has 122 valence electrons. The smallest absolute Gasteiger partial charge is 0.268 e. The van der Waals surface area contributed by atoms with Gasteiger partial charge in [0, 0.05) is 10.0 Å². The summed E-state index contributed by atoms with van der Waals surface area (Å²) in [6.45, 7) is 2.23. The van der Waals surface area contributed by atoms with Crippen molar-refractivity contribution >= 4 is 52.2 Å². The van der Waals surface area contributed by atoms with Crippen LogP contribution in [0.3, 0.4) is 0 Å². The number of carbonyl (C=O) groups excluding carboxylic acids is 2. The van der Waals surface area contributed by atoms with E-state index in [2.05, 4.69) is 0 Å². The highest BCUT2D eigenvalue weighted by atomic mass is 35.5. The van der Waals surface area contributed by atoms with Gasteiger partial charge < -0.3 is 0 Å². The van der Waals surface area contributed by atoms with E-state index in [1.807, 2.05) is 31.2 Å². The Morgan fingerprint density at radius 2 is 1.92 bits per heavy atom. The van der Waals surface area contributed by atoms with Crippen LogP contribution in [0.25, 0.3) is 6.08 Å². The molecule has 0 spiro atoms. The molecular weight excluding hydrogens is 365 g/mol. The lowest BCUT2D eigenvalue weighted by atomic mass is 10.1. The van der Waals surface area contributed by atoms with Crippen LogP contribution >= 0.6 is 35.0 Å². The summed E-state index contributed by atoms with van der Waals surface area (Å²) in [5, 5.41) is 0.676. The highest BCUT2D eigenvalue weighted by Gasteiger charge is 2.35. The summed E-state index contributed by atoms with van der Waals surface area (Å²) in [5.74, 6) is -0.308. The van der Waals surface area contributed by atoms with Crippen molar-refractivity contribution in [2.75, 3.05) is 0 Å². The molecule has 0 aliphatic carbocycles. The SMILES string of the molecule is Cc1cccc(CN2C(=O)S/C(=C\c3ccc(Cl)cc3Cl)C2=O)c1. The van der Waals surface area contributed by atoms with Crippen LogP contribution in [0.4, 0.5) is 4.79 Å². The molecule has 2 aromatic rings. The maximum atomic E-state index is 12.5.